The fourth-order valence-electron chi connectivity index (χ4n) is 1.26. The first-order valence-electron chi connectivity index (χ1n) is 4.47. The monoisotopic (exact) mass is 272 g/mol. The van der Waals surface area contributed by atoms with E-state index in [1.165, 1.54) is 12.1 Å². The second-order valence-corrected chi connectivity index (χ2v) is 6.16. The predicted molar refractivity (Wildman–Crippen MR) is 65.0 cm³/mol. The zero-order chi connectivity index (χ0) is 12.6. The third kappa shape index (κ3) is 2.71. The Hall–Kier alpha value is -1.67. The highest BCUT2D eigenvalue weighted by molar-refractivity contribution is 7.92. The number of benzene rings is 1. The number of hydrogen-bond acceptors (Lipinski definition) is 5. The van der Waals surface area contributed by atoms with Crippen molar-refractivity contribution in [2.24, 2.45) is 0 Å². The quantitative estimate of drug-likeness (QED) is 0.879. The van der Waals surface area contributed by atoms with Crippen molar-refractivity contribution in [1.29, 1.82) is 0 Å². The molecule has 1 heterocycles. The first-order chi connectivity index (χ1) is 7.85. The van der Waals surface area contributed by atoms with Gasteiger partial charge in [0.05, 0.1) is 22.0 Å². The number of nitrogens with zero attached hydrogens (tertiary/aromatic N) is 1. The summed E-state index contributed by atoms with van der Waals surface area (Å²) in [7, 11) is -3.37. The van der Waals surface area contributed by atoms with Gasteiger partial charge in [-0.15, -0.1) is 0 Å². The molecule has 1 aromatic heterocycles. The molecule has 0 aliphatic heterocycles. The van der Waals surface area contributed by atoms with E-state index in [2.05, 4.69) is 9.71 Å². The largest absolute Gasteiger partial charge is 0.478 e. The minimum atomic E-state index is -3.37. The summed E-state index contributed by atoms with van der Waals surface area (Å²) in [4.78, 5) is 14.8. The van der Waals surface area contributed by atoms with Gasteiger partial charge in [-0.25, -0.2) is 18.2 Å². The molecule has 0 aliphatic carbocycles. The standard InChI is InChI=1S/C9H8N2O4S2/c1-17(14,15)11-9-10-6-3-2-5(8(12)13)4-7(6)16-9/h2-4H,1H3,(H,10,11)(H,12,13). The van der Waals surface area contributed by atoms with Crippen LogP contribution in [0, 0.1) is 0 Å². The molecule has 2 N–H and O–H groups in total. The van der Waals surface area contributed by atoms with Gasteiger partial charge in [-0.05, 0) is 18.2 Å². The molecule has 6 nitrogen and oxygen atoms in total. The fraction of sp³-hybridized carbons (Fsp3) is 0.111. The van der Waals surface area contributed by atoms with Gasteiger partial charge >= 0.3 is 5.97 Å². The summed E-state index contributed by atoms with van der Waals surface area (Å²) in [6.07, 6.45) is 1.03. The lowest BCUT2D eigenvalue weighted by molar-refractivity contribution is 0.0697. The molecule has 90 valence electrons. The number of aromatic nitrogens is 1. The molecule has 0 bridgehead atoms. The van der Waals surface area contributed by atoms with Crippen LogP contribution < -0.4 is 4.72 Å². The molecule has 0 saturated carbocycles. The fourth-order valence-corrected chi connectivity index (χ4v) is 3.00. The highest BCUT2D eigenvalue weighted by atomic mass is 32.2. The number of fused-ring (bicyclic) bond motifs is 1. The predicted octanol–water partition coefficient (Wildman–Crippen LogP) is 1.37. The average molecular weight is 272 g/mol. The van der Waals surface area contributed by atoms with Crippen LogP contribution in [0.1, 0.15) is 10.4 Å². The number of carboxylic acid groups (broad SMARTS) is 1. The van der Waals surface area contributed by atoms with Gasteiger partial charge in [-0.3, -0.25) is 4.72 Å². The van der Waals surface area contributed by atoms with Gasteiger partial charge in [0.25, 0.3) is 0 Å². The van der Waals surface area contributed by atoms with Gasteiger partial charge in [0.2, 0.25) is 10.0 Å². The van der Waals surface area contributed by atoms with Crippen molar-refractivity contribution in [3.05, 3.63) is 23.8 Å². The van der Waals surface area contributed by atoms with Crippen molar-refractivity contribution < 1.29 is 18.3 Å². The Morgan fingerprint density at radius 1 is 1.47 bits per heavy atom. The first-order valence-corrected chi connectivity index (χ1v) is 7.17. The maximum absolute atomic E-state index is 11.0. The maximum atomic E-state index is 11.0. The number of carboxylic acids is 1. The van der Waals surface area contributed by atoms with Crippen molar-refractivity contribution >= 4 is 42.7 Å². The summed E-state index contributed by atoms with van der Waals surface area (Å²) in [5, 5.41) is 9.04. The zero-order valence-electron chi connectivity index (χ0n) is 8.67. The van der Waals surface area contributed by atoms with Crippen molar-refractivity contribution in [2.45, 2.75) is 0 Å². The van der Waals surface area contributed by atoms with E-state index >= 15 is 0 Å². The van der Waals surface area contributed by atoms with Gasteiger partial charge in [0, 0.05) is 0 Å². The van der Waals surface area contributed by atoms with Crippen LogP contribution in [0.15, 0.2) is 18.2 Å². The van der Waals surface area contributed by atoms with Crippen LogP contribution >= 0.6 is 11.3 Å². The number of nitrogens with one attached hydrogen (secondary N) is 1. The molecule has 17 heavy (non-hydrogen) atoms. The van der Waals surface area contributed by atoms with Crippen LogP contribution in [0.2, 0.25) is 0 Å². The van der Waals surface area contributed by atoms with Crippen LogP contribution in [0.5, 0.6) is 0 Å². The van der Waals surface area contributed by atoms with E-state index in [1.54, 1.807) is 6.07 Å². The lowest BCUT2D eigenvalue weighted by atomic mass is 10.2. The summed E-state index contributed by atoms with van der Waals surface area (Å²) in [5.41, 5.74) is 0.707. The molecule has 2 aromatic rings. The molecule has 0 atom stereocenters. The highest BCUT2D eigenvalue weighted by Gasteiger charge is 2.10. The molecule has 8 heteroatoms. The number of anilines is 1. The number of sulfonamides is 1. The molecular formula is C9H8N2O4S2. The Morgan fingerprint density at radius 2 is 2.18 bits per heavy atom. The number of aromatic carboxylic acids is 1. The summed E-state index contributed by atoms with van der Waals surface area (Å²) < 4.78 is 24.9. The van der Waals surface area contributed by atoms with E-state index in [0.717, 1.165) is 17.6 Å². The number of carbonyl (C=O) groups is 1. The minimum absolute atomic E-state index is 0.145. The highest BCUT2D eigenvalue weighted by Crippen LogP contribution is 2.27. The second-order valence-electron chi connectivity index (χ2n) is 3.38. The summed E-state index contributed by atoms with van der Waals surface area (Å²) in [6.45, 7) is 0. The first kappa shape index (κ1) is 11.8. The van der Waals surface area contributed by atoms with Crippen LogP contribution in [0.3, 0.4) is 0 Å². The van der Waals surface area contributed by atoms with E-state index in [4.69, 9.17) is 5.11 Å². The Balaban J connectivity index is 2.47. The topological polar surface area (TPSA) is 96.4 Å². The Labute approximate surface area is 101 Å². The van der Waals surface area contributed by atoms with Crippen LogP contribution in [0.4, 0.5) is 5.13 Å². The van der Waals surface area contributed by atoms with Gasteiger partial charge in [-0.2, -0.15) is 0 Å². The van der Waals surface area contributed by atoms with E-state index in [-0.39, 0.29) is 10.7 Å². The molecule has 0 radical (unpaired) electrons. The molecule has 0 unspecified atom stereocenters. The lowest BCUT2D eigenvalue weighted by Gasteiger charge is -1.95. The van der Waals surface area contributed by atoms with Crippen molar-refractivity contribution in [3.8, 4) is 0 Å². The number of rotatable bonds is 3. The molecule has 1 aromatic carbocycles. The molecule has 0 saturated heterocycles. The minimum Gasteiger partial charge on any atom is -0.478 e. The van der Waals surface area contributed by atoms with Crippen LogP contribution in [-0.2, 0) is 10.0 Å². The smallest absolute Gasteiger partial charge is 0.335 e. The SMILES string of the molecule is CS(=O)(=O)Nc1nc2ccc(C(=O)O)cc2s1. The lowest BCUT2D eigenvalue weighted by Crippen LogP contribution is -2.08. The van der Waals surface area contributed by atoms with Gasteiger partial charge in [0.1, 0.15) is 0 Å². The van der Waals surface area contributed by atoms with Crippen molar-refractivity contribution in [1.82, 2.24) is 4.98 Å². The molecular weight excluding hydrogens is 264 g/mol. The van der Waals surface area contributed by atoms with Crippen molar-refractivity contribution in [2.75, 3.05) is 11.0 Å². The van der Waals surface area contributed by atoms with E-state index in [9.17, 15) is 13.2 Å². The summed E-state index contributed by atoms with van der Waals surface area (Å²) >= 11 is 1.09. The van der Waals surface area contributed by atoms with Gasteiger partial charge in [-0.1, -0.05) is 11.3 Å². The number of thiazole rings is 1. The summed E-state index contributed by atoms with van der Waals surface area (Å²) in [5.74, 6) is -1.03. The number of hydrogen-bond donors (Lipinski definition) is 2. The van der Waals surface area contributed by atoms with E-state index in [0.29, 0.717) is 10.2 Å². The average Bonchev–Trinajstić information content (AvgIpc) is 2.54. The Bertz CT molecular complexity index is 690. The Kier molecular flexibility index (Phi) is 2.76. The van der Waals surface area contributed by atoms with Gasteiger partial charge in [0.15, 0.2) is 5.13 Å². The molecule has 0 spiro atoms. The third-order valence-electron chi connectivity index (χ3n) is 1.91. The second kappa shape index (κ2) is 3.97. The molecule has 0 amide bonds. The summed E-state index contributed by atoms with van der Waals surface area (Å²) in [6, 6.07) is 4.43. The third-order valence-corrected chi connectivity index (χ3v) is 3.54. The maximum Gasteiger partial charge on any atom is 0.335 e. The van der Waals surface area contributed by atoms with E-state index in [1.807, 2.05) is 0 Å². The normalized spacial score (nSPS) is 11.6. The van der Waals surface area contributed by atoms with Crippen LogP contribution in [0.25, 0.3) is 10.2 Å². The molecule has 2 rings (SSSR count). The van der Waals surface area contributed by atoms with E-state index < -0.39 is 16.0 Å². The Morgan fingerprint density at radius 3 is 2.76 bits per heavy atom. The van der Waals surface area contributed by atoms with Gasteiger partial charge < -0.3 is 5.11 Å². The van der Waals surface area contributed by atoms with Crippen molar-refractivity contribution in [3.63, 3.8) is 0 Å². The molecule has 0 aliphatic rings. The van der Waals surface area contributed by atoms with Crippen LogP contribution in [-0.4, -0.2) is 30.7 Å². The molecule has 0 fully saturated rings. The zero-order valence-corrected chi connectivity index (χ0v) is 10.3.